The smallest absolute Gasteiger partial charge is 0.265 e. The first-order chi connectivity index (χ1) is 8.54. The van der Waals surface area contributed by atoms with E-state index >= 15 is 0 Å². The number of anilines is 1. The summed E-state index contributed by atoms with van der Waals surface area (Å²) in [5.74, 6) is -1.27. The normalized spacial score (nSPS) is 15.9. The Bertz CT molecular complexity index is 503. The summed E-state index contributed by atoms with van der Waals surface area (Å²) in [7, 11) is 0. The zero-order chi connectivity index (χ0) is 13.3. The van der Waals surface area contributed by atoms with Crippen LogP contribution in [0.1, 0.15) is 13.3 Å². The zero-order valence-electron chi connectivity index (χ0n) is 9.68. The lowest BCUT2D eigenvalue weighted by molar-refractivity contribution is -0.307. The van der Waals surface area contributed by atoms with Gasteiger partial charge in [-0.15, -0.1) is 0 Å². The maximum atomic E-state index is 11.8. The van der Waals surface area contributed by atoms with Crippen molar-refractivity contribution in [3.8, 4) is 5.75 Å². The molecule has 5 nitrogen and oxygen atoms in total. The second kappa shape index (κ2) is 4.86. The molecule has 0 spiro atoms. The number of nitrogens with zero attached hydrogens (tertiary/aromatic N) is 1. The predicted octanol–water partition coefficient (Wildman–Crippen LogP) is 0.594. The van der Waals surface area contributed by atoms with Crippen LogP contribution < -0.4 is 14.7 Å². The number of hydrogen-bond donors (Lipinski definition) is 0. The second-order valence-corrected chi connectivity index (χ2v) is 4.34. The summed E-state index contributed by atoms with van der Waals surface area (Å²) in [5, 5.41) is 11.5. The van der Waals surface area contributed by atoms with E-state index in [9.17, 15) is 14.7 Å². The number of halogens is 1. The van der Waals surface area contributed by atoms with E-state index in [1.165, 1.54) is 11.0 Å². The average Bonchev–Trinajstić information content (AvgIpc) is 2.32. The summed E-state index contributed by atoms with van der Waals surface area (Å²) in [6.07, 6.45) is 0.250. The van der Waals surface area contributed by atoms with E-state index in [1.807, 2.05) is 0 Å². The van der Waals surface area contributed by atoms with Gasteiger partial charge in [-0.1, -0.05) is 18.5 Å². The van der Waals surface area contributed by atoms with Crippen molar-refractivity contribution in [1.82, 2.24) is 0 Å². The molecule has 1 aromatic rings. The minimum atomic E-state index is -1.29. The fraction of sp³-hybridized carbons (Fsp3) is 0.333. The summed E-state index contributed by atoms with van der Waals surface area (Å²) in [5.41, 5.74) is 0.370. The molecular formula is C12H11ClNO4-. The molecule has 1 atom stereocenters. The van der Waals surface area contributed by atoms with Gasteiger partial charge in [-0.05, 0) is 24.6 Å². The quantitative estimate of drug-likeness (QED) is 0.805. The zero-order valence-corrected chi connectivity index (χ0v) is 10.4. The Labute approximate surface area is 109 Å². The van der Waals surface area contributed by atoms with Gasteiger partial charge in [0.2, 0.25) is 0 Å². The van der Waals surface area contributed by atoms with Gasteiger partial charge in [0, 0.05) is 5.02 Å². The molecule has 18 heavy (non-hydrogen) atoms. The van der Waals surface area contributed by atoms with Crippen molar-refractivity contribution < 1.29 is 19.4 Å². The molecule has 0 bridgehead atoms. The van der Waals surface area contributed by atoms with E-state index in [0.717, 1.165) is 0 Å². The van der Waals surface area contributed by atoms with Crippen LogP contribution in [0.15, 0.2) is 18.2 Å². The number of aliphatic carboxylic acids is 1. The van der Waals surface area contributed by atoms with E-state index < -0.39 is 17.9 Å². The van der Waals surface area contributed by atoms with E-state index in [4.69, 9.17) is 16.3 Å². The highest BCUT2D eigenvalue weighted by Crippen LogP contribution is 2.35. The van der Waals surface area contributed by atoms with Gasteiger partial charge in [0.05, 0.1) is 17.7 Å². The number of carbonyl (C=O) groups is 2. The topological polar surface area (TPSA) is 69.7 Å². The van der Waals surface area contributed by atoms with Gasteiger partial charge < -0.3 is 14.6 Å². The third-order valence-electron chi connectivity index (χ3n) is 2.77. The monoisotopic (exact) mass is 268 g/mol. The van der Waals surface area contributed by atoms with Crippen LogP contribution in [-0.4, -0.2) is 24.5 Å². The van der Waals surface area contributed by atoms with E-state index in [1.54, 1.807) is 19.1 Å². The Morgan fingerprint density at radius 2 is 2.33 bits per heavy atom. The predicted molar refractivity (Wildman–Crippen MR) is 63.5 cm³/mol. The van der Waals surface area contributed by atoms with E-state index in [2.05, 4.69) is 0 Å². The molecule has 6 heteroatoms. The molecule has 0 N–H and O–H groups in total. The van der Waals surface area contributed by atoms with Gasteiger partial charge >= 0.3 is 0 Å². The fourth-order valence-electron chi connectivity index (χ4n) is 1.94. The van der Waals surface area contributed by atoms with Crippen LogP contribution in [0.2, 0.25) is 5.02 Å². The number of carboxylic acids is 1. The number of rotatable bonds is 3. The number of fused-ring (bicyclic) bond motifs is 1. The van der Waals surface area contributed by atoms with Crippen LogP contribution in [-0.2, 0) is 9.59 Å². The third kappa shape index (κ3) is 2.13. The summed E-state index contributed by atoms with van der Waals surface area (Å²) in [6, 6.07) is 3.73. The van der Waals surface area contributed by atoms with Crippen molar-refractivity contribution in [2.45, 2.75) is 19.4 Å². The molecular weight excluding hydrogens is 258 g/mol. The lowest BCUT2D eigenvalue weighted by Gasteiger charge is -2.35. The van der Waals surface area contributed by atoms with Crippen LogP contribution in [0.25, 0.3) is 0 Å². The highest BCUT2D eigenvalue weighted by atomic mass is 35.5. The van der Waals surface area contributed by atoms with Gasteiger partial charge in [0.25, 0.3) is 5.91 Å². The molecule has 0 saturated heterocycles. The van der Waals surface area contributed by atoms with Crippen molar-refractivity contribution in [3.05, 3.63) is 23.2 Å². The maximum Gasteiger partial charge on any atom is 0.265 e. The second-order valence-electron chi connectivity index (χ2n) is 3.91. The van der Waals surface area contributed by atoms with E-state index in [-0.39, 0.29) is 13.0 Å². The van der Waals surface area contributed by atoms with Crippen molar-refractivity contribution in [1.29, 1.82) is 0 Å². The van der Waals surface area contributed by atoms with Gasteiger partial charge in [-0.2, -0.15) is 0 Å². The molecule has 2 rings (SSSR count). The maximum absolute atomic E-state index is 11.8. The van der Waals surface area contributed by atoms with E-state index in [0.29, 0.717) is 16.5 Å². The number of hydrogen-bond acceptors (Lipinski definition) is 4. The van der Waals surface area contributed by atoms with Crippen LogP contribution >= 0.6 is 11.6 Å². The third-order valence-corrected chi connectivity index (χ3v) is 3.01. The molecule has 0 aliphatic carbocycles. The van der Waals surface area contributed by atoms with Crippen molar-refractivity contribution in [2.24, 2.45) is 0 Å². The summed E-state index contributed by atoms with van der Waals surface area (Å²) >= 11 is 5.86. The molecule has 0 radical (unpaired) electrons. The largest absolute Gasteiger partial charge is 0.548 e. The molecule has 1 aromatic carbocycles. The lowest BCUT2D eigenvalue weighted by atomic mass is 10.1. The Hall–Kier alpha value is -1.75. The van der Waals surface area contributed by atoms with Crippen molar-refractivity contribution >= 4 is 29.2 Å². The van der Waals surface area contributed by atoms with Crippen LogP contribution in [0, 0.1) is 0 Å². The lowest BCUT2D eigenvalue weighted by Crippen LogP contribution is -2.53. The first-order valence-electron chi connectivity index (χ1n) is 5.50. The van der Waals surface area contributed by atoms with Gasteiger partial charge in [-0.25, -0.2) is 0 Å². The molecule has 96 valence electrons. The Balaban J connectivity index is 2.50. The van der Waals surface area contributed by atoms with Crippen LogP contribution in [0.3, 0.4) is 0 Å². The number of ether oxygens (including phenoxy) is 1. The summed E-state index contributed by atoms with van der Waals surface area (Å²) in [6.45, 7) is 1.49. The molecule has 1 amide bonds. The standard InChI is InChI=1S/C12H12ClNO4/c1-2-8(12(16)17)14-9-5-7(13)3-4-10(9)18-6-11(14)15/h3-5,8H,2,6H2,1H3,(H,16,17)/p-1. The SMILES string of the molecule is CCC(C(=O)[O-])N1C(=O)COc2ccc(Cl)cc21. The minimum absolute atomic E-state index is 0.182. The molecule has 0 saturated carbocycles. The fourth-order valence-corrected chi connectivity index (χ4v) is 2.11. The number of carboxylic acid groups (broad SMARTS) is 1. The number of amides is 1. The average molecular weight is 269 g/mol. The molecule has 1 aliphatic heterocycles. The first kappa shape index (κ1) is 12.7. The Morgan fingerprint density at radius 1 is 1.61 bits per heavy atom. The van der Waals surface area contributed by atoms with Crippen molar-refractivity contribution in [2.75, 3.05) is 11.5 Å². The van der Waals surface area contributed by atoms with Crippen LogP contribution in [0.5, 0.6) is 5.75 Å². The molecule has 1 heterocycles. The summed E-state index contributed by atoms with van der Waals surface area (Å²) < 4.78 is 5.23. The van der Waals surface area contributed by atoms with Gasteiger partial charge in [0.15, 0.2) is 6.61 Å². The van der Waals surface area contributed by atoms with Gasteiger partial charge in [0.1, 0.15) is 5.75 Å². The highest BCUT2D eigenvalue weighted by Gasteiger charge is 2.31. The molecule has 1 aliphatic rings. The highest BCUT2D eigenvalue weighted by molar-refractivity contribution is 6.31. The molecule has 0 aromatic heterocycles. The molecule has 1 unspecified atom stereocenters. The van der Waals surface area contributed by atoms with Crippen LogP contribution in [0.4, 0.5) is 5.69 Å². The number of carbonyl (C=O) groups excluding carboxylic acids is 2. The Morgan fingerprint density at radius 3 is 2.94 bits per heavy atom. The van der Waals surface area contributed by atoms with Crippen molar-refractivity contribution in [3.63, 3.8) is 0 Å². The number of benzene rings is 1. The Kier molecular flexibility index (Phi) is 3.43. The first-order valence-corrected chi connectivity index (χ1v) is 5.87. The summed E-state index contributed by atoms with van der Waals surface area (Å²) in [4.78, 5) is 24.1. The van der Waals surface area contributed by atoms with Gasteiger partial charge in [-0.3, -0.25) is 9.69 Å². The minimum Gasteiger partial charge on any atom is -0.548 e. The molecule has 0 fully saturated rings.